The van der Waals surface area contributed by atoms with Crippen LogP contribution in [0.15, 0.2) is 42.5 Å². The maximum atomic E-state index is 12.7. The Morgan fingerprint density at radius 3 is 2.36 bits per heavy atom. The van der Waals surface area contributed by atoms with E-state index in [9.17, 15) is 9.59 Å². The smallest absolute Gasteiger partial charge is 0.261 e. The first-order valence-corrected chi connectivity index (χ1v) is 11.8. The van der Waals surface area contributed by atoms with Gasteiger partial charge in [-0.25, -0.2) is 0 Å². The third-order valence-corrected chi connectivity index (χ3v) is 6.83. The number of fused-ring (bicyclic) bond motifs is 1. The molecule has 0 unspecified atom stereocenters. The molecule has 0 spiro atoms. The van der Waals surface area contributed by atoms with Gasteiger partial charge >= 0.3 is 0 Å². The van der Waals surface area contributed by atoms with Crippen molar-refractivity contribution in [1.29, 1.82) is 0 Å². The van der Waals surface area contributed by atoms with Gasteiger partial charge in [-0.3, -0.25) is 14.3 Å². The average Bonchev–Trinajstić information content (AvgIpc) is 3.32. The topological polar surface area (TPSA) is 76.0 Å². The van der Waals surface area contributed by atoms with Crippen LogP contribution in [0.4, 0.5) is 5.69 Å². The normalized spacial score (nSPS) is 11.1. The highest BCUT2D eigenvalue weighted by Crippen LogP contribution is 2.29. The van der Waals surface area contributed by atoms with Crippen molar-refractivity contribution < 1.29 is 9.59 Å². The summed E-state index contributed by atoms with van der Waals surface area (Å²) in [5.74, 6) is -0.536. The van der Waals surface area contributed by atoms with E-state index >= 15 is 0 Å². The molecule has 2 heterocycles. The molecule has 0 fully saturated rings. The number of hydrogen-bond acceptors (Lipinski definition) is 4. The third-order valence-electron chi connectivity index (χ3n) is 5.43. The first-order chi connectivity index (χ1) is 15.7. The second-order valence-corrected chi connectivity index (χ2v) is 9.67. The van der Waals surface area contributed by atoms with Crippen LogP contribution in [0.25, 0.3) is 10.2 Å². The average molecular weight is 481 g/mol. The molecule has 4 aromatic rings. The quantitative estimate of drug-likeness (QED) is 0.388. The number of halogens is 1. The Morgan fingerprint density at radius 2 is 1.70 bits per heavy atom. The number of nitrogens with one attached hydrogen (secondary N) is 2. The zero-order valence-corrected chi connectivity index (χ0v) is 20.5. The van der Waals surface area contributed by atoms with Crippen molar-refractivity contribution in [3.05, 3.63) is 80.3 Å². The van der Waals surface area contributed by atoms with E-state index in [-0.39, 0.29) is 18.4 Å². The molecule has 33 heavy (non-hydrogen) atoms. The number of anilines is 1. The summed E-state index contributed by atoms with van der Waals surface area (Å²) in [6.07, 6.45) is 0. The van der Waals surface area contributed by atoms with Gasteiger partial charge in [-0.2, -0.15) is 5.10 Å². The lowest BCUT2D eigenvalue weighted by atomic mass is 10.1. The van der Waals surface area contributed by atoms with Crippen LogP contribution in [-0.2, 0) is 11.3 Å². The minimum absolute atomic E-state index is 0.101. The molecule has 0 saturated heterocycles. The van der Waals surface area contributed by atoms with Gasteiger partial charge in [-0.05, 0) is 62.6 Å². The van der Waals surface area contributed by atoms with Crippen molar-refractivity contribution >= 4 is 50.7 Å². The lowest BCUT2D eigenvalue weighted by Gasteiger charge is -2.13. The third kappa shape index (κ3) is 5.10. The van der Waals surface area contributed by atoms with Gasteiger partial charge in [0.25, 0.3) is 5.91 Å². The summed E-state index contributed by atoms with van der Waals surface area (Å²) in [5.41, 5.74) is 5.86. The van der Waals surface area contributed by atoms with E-state index in [0.717, 1.165) is 43.9 Å². The number of carbonyl (C=O) groups excluding carboxylic acids is 2. The number of aryl methyl sites for hydroxylation is 4. The summed E-state index contributed by atoms with van der Waals surface area (Å²) in [6.45, 7) is 8.35. The lowest BCUT2D eigenvalue weighted by Crippen LogP contribution is -2.32. The Hall–Kier alpha value is -3.16. The molecule has 0 atom stereocenters. The standard InChI is InChI=1S/C25H25ClN4O2S/c1-14-9-15(2)23(16(3)10-14)28-22(31)12-27-24(32)21-11-20-17(4)29-30(25(20)33-21)13-18-5-7-19(26)8-6-18/h5-11H,12-13H2,1-4H3,(H,27,32)(H,28,31). The van der Waals surface area contributed by atoms with Gasteiger partial charge in [0, 0.05) is 16.1 Å². The summed E-state index contributed by atoms with van der Waals surface area (Å²) in [7, 11) is 0. The minimum atomic E-state index is -0.277. The fourth-order valence-electron chi connectivity index (χ4n) is 3.90. The number of aromatic nitrogens is 2. The number of carbonyl (C=O) groups is 2. The van der Waals surface area contributed by atoms with Crippen LogP contribution in [0, 0.1) is 27.7 Å². The number of amides is 2. The van der Waals surface area contributed by atoms with E-state index in [1.807, 2.05) is 74.8 Å². The molecule has 4 rings (SSSR count). The summed E-state index contributed by atoms with van der Waals surface area (Å²) >= 11 is 7.35. The largest absolute Gasteiger partial charge is 0.342 e. The van der Waals surface area contributed by atoms with Crippen molar-refractivity contribution in [2.24, 2.45) is 0 Å². The van der Waals surface area contributed by atoms with Crippen LogP contribution < -0.4 is 10.6 Å². The first kappa shape index (κ1) is 23.0. The molecule has 2 aromatic carbocycles. The molecular weight excluding hydrogens is 456 g/mol. The zero-order valence-electron chi connectivity index (χ0n) is 19.0. The van der Waals surface area contributed by atoms with Crippen molar-refractivity contribution in [3.8, 4) is 0 Å². The monoisotopic (exact) mass is 480 g/mol. The molecule has 0 bridgehead atoms. The SMILES string of the molecule is Cc1cc(C)c(NC(=O)CNC(=O)c2cc3c(C)nn(Cc4ccc(Cl)cc4)c3s2)c(C)c1. The number of hydrogen-bond donors (Lipinski definition) is 2. The molecule has 8 heteroatoms. The Bertz CT molecular complexity index is 1330. The molecule has 2 aromatic heterocycles. The molecular formula is C25H25ClN4O2S. The molecule has 0 aliphatic carbocycles. The molecule has 0 aliphatic heterocycles. The molecule has 170 valence electrons. The van der Waals surface area contributed by atoms with Crippen LogP contribution >= 0.6 is 22.9 Å². The molecule has 0 aliphatic rings. The molecule has 6 nitrogen and oxygen atoms in total. The van der Waals surface area contributed by atoms with E-state index in [0.29, 0.717) is 16.4 Å². The molecule has 0 saturated carbocycles. The predicted octanol–water partition coefficient (Wildman–Crippen LogP) is 5.40. The summed E-state index contributed by atoms with van der Waals surface area (Å²) < 4.78 is 1.89. The van der Waals surface area contributed by atoms with Gasteiger partial charge in [-0.1, -0.05) is 41.4 Å². The van der Waals surface area contributed by atoms with Gasteiger partial charge in [0.15, 0.2) is 0 Å². The van der Waals surface area contributed by atoms with Gasteiger partial charge in [-0.15, -0.1) is 11.3 Å². The van der Waals surface area contributed by atoms with Crippen LogP contribution in [0.2, 0.25) is 5.02 Å². The van der Waals surface area contributed by atoms with Crippen molar-refractivity contribution in [2.45, 2.75) is 34.2 Å². The van der Waals surface area contributed by atoms with Crippen LogP contribution in [0.1, 0.15) is 37.6 Å². The Morgan fingerprint density at radius 1 is 1.03 bits per heavy atom. The minimum Gasteiger partial charge on any atom is -0.342 e. The van der Waals surface area contributed by atoms with Gasteiger partial charge < -0.3 is 10.6 Å². The van der Waals surface area contributed by atoms with Gasteiger partial charge in [0.05, 0.1) is 23.7 Å². The molecule has 0 radical (unpaired) electrons. The second-order valence-electron chi connectivity index (χ2n) is 8.20. The first-order valence-electron chi connectivity index (χ1n) is 10.6. The van der Waals surface area contributed by atoms with E-state index in [1.54, 1.807) is 0 Å². The zero-order chi connectivity index (χ0) is 23.7. The molecule has 2 N–H and O–H groups in total. The summed E-state index contributed by atoms with van der Waals surface area (Å²) in [5, 5.41) is 11.9. The lowest BCUT2D eigenvalue weighted by molar-refractivity contribution is -0.115. The van der Waals surface area contributed by atoms with Crippen molar-refractivity contribution in [1.82, 2.24) is 15.1 Å². The fourth-order valence-corrected chi connectivity index (χ4v) is 5.11. The predicted molar refractivity (Wildman–Crippen MR) is 135 cm³/mol. The summed E-state index contributed by atoms with van der Waals surface area (Å²) in [6, 6.07) is 13.5. The van der Waals surface area contributed by atoms with Gasteiger partial charge in [0.2, 0.25) is 5.91 Å². The Kier molecular flexibility index (Phi) is 6.54. The van der Waals surface area contributed by atoms with E-state index in [4.69, 9.17) is 11.6 Å². The number of thiophene rings is 1. The van der Waals surface area contributed by atoms with Gasteiger partial charge in [0.1, 0.15) is 4.83 Å². The second kappa shape index (κ2) is 9.37. The highest BCUT2D eigenvalue weighted by Gasteiger charge is 2.17. The number of benzene rings is 2. The summed E-state index contributed by atoms with van der Waals surface area (Å²) in [4.78, 5) is 26.7. The van der Waals surface area contributed by atoms with Crippen LogP contribution in [0.3, 0.4) is 0 Å². The maximum absolute atomic E-state index is 12.7. The number of rotatable bonds is 6. The number of nitrogens with zero attached hydrogens (tertiary/aromatic N) is 2. The molecule has 2 amide bonds. The highest BCUT2D eigenvalue weighted by atomic mass is 35.5. The van der Waals surface area contributed by atoms with Crippen molar-refractivity contribution in [3.63, 3.8) is 0 Å². The van der Waals surface area contributed by atoms with Crippen molar-refractivity contribution in [2.75, 3.05) is 11.9 Å². The van der Waals surface area contributed by atoms with E-state index in [1.165, 1.54) is 11.3 Å². The van der Waals surface area contributed by atoms with Crippen LogP contribution in [0.5, 0.6) is 0 Å². The van der Waals surface area contributed by atoms with Crippen LogP contribution in [-0.4, -0.2) is 28.1 Å². The Balaban J connectivity index is 1.44. The fraction of sp³-hybridized carbons (Fsp3) is 0.240. The highest BCUT2D eigenvalue weighted by molar-refractivity contribution is 7.20. The van der Waals surface area contributed by atoms with E-state index < -0.39 is 0 Å². The maximum Gasteiger partial charge on any atom is 0.261 e. The van der Waals surface area contributed by atoms with E-state index in [2.05, 4.69) is 15.7 Å². The Labute approximate surface area is 201 Å².